The molecule has 0 fully saturated rings. The van der Waals surface area contributed by atoms with Crippen molar-refractivity contribution in [1.82, 2.24) is 5.32 Å². The van der Waals surface area contributed by atoms with Gasteiger partial charge < -0.3 is 14.8 Å². The van der Waals surface area contributed by atoms with Crippen LogP contribution in [0.2, 0.25) is 0 Å². The van der Waals surface area contributed by atoms with Crippen molar-refractivity contribution in [3.05, 3.63) is 22.4 Å². The third-order valence-electron chi connectivity index (χ3n) is 2.38. The van der Waals surface area contributed by atoms with Crippen molar-refractivity contribution in [3.8, 4) is 0 Å². The van der Waals surface area contributed by atoms with Crippen LogP contribution in [-0.4, -0.2) is 33.0 Å². The number of methoxy groups -OCH3 is 1. The fourth-order valence-electron chi connectivity index (χ4n) is 1.49. The summed E-state index contributed by atoms with van der Waals surface area (Å²) in [6, 6.07) is 2.89. The maximum absolute atomic E-state index is 5.47. The molecule has 4 heteroatoms. The average Bonchev–Trinajstić information content (AvgIpc) is 2.77. The number of ether oxygens (including phenoxy) is 2. The smallest absolute Gasteiger partial charge is 0.0701 e. The molecule has 0 saturated carbocycles. The van der Waals surface area contributed by atoms with Crippen molar-refractivity contribution in [1.29, 1.82) is 0 Å². The molecule has 1 aromatic rings. The Morgan fingerprint density at radius 3 is 2.81 bits per heavy atom. The maximum Gasteiger partial charge on any atom is 0.0701 e. The minimum atomic E-state index is 0.353. The van der Waals surface area contributed by atoms with Gasteiger partial charge in [-0.25, -0.2) is 0 Å². The van der Waals surface area contributed by atoms with Crippen LogP contribution in [0.5, 0.6) is 0 Å². The monoisotopic (exact) mass is 243 g/mol. The lowest BCUT2D eigenvalue weighted by atomic mass is 10.1. The molecule has 0 radical (unpaired) electrons. The van der Waals surface area contributed by atoms with E-state index in [1.807, 2.05) is 0 Å². The number of nitrogens with one attached hydrogen (secondary N) is 1. The Balaban J connectivity index is 2.16. The van der Waals surface area contributed by atoms with Crippen molar-refractivity contribution in [2.24, 2.45) is 0 Å². The van der Waals surface area contributed by atoms with Crippen LogP contribution in [-0.2, 0) is 9.47 Å². The van der Waals surface area contributed by atoms with E-state index in [1.165, 1.54) is 5.56 Å². The summed E-state index contributed by atoms with van der Waals surface area (Å²) in [6.07, 6.45) is 0. The van der Waals surface area contributed by atoms with Gasteiger partial charge in [-0.05, 0) is 36.2 Å². The highest BCUT2D eigenvalue weighted by molar-refractivity contribution is 7.07. The van der Waals surface area contributed by atoms with Crippen LogP contribution < -0.4 is 5.32 Å². The predicted octanol–water partition coefficient (Wildman–Crippen LogP) is 2.45. The van der Waals surface area contributed by atoms with Crippen molar-refractivity contribution < 1.29 is 9.47 Å². The molecule has 1 N–H and O–H groups in total. The van der Waals surface area contributed by atoms with E-state index in [0.717, 1.165) is 6.61 Å². The lowest BCUT2D eigenvalue weighted by Gasteiger charge is -2.19. The minimum Gasteiger partial charge on any atom is -0.382 e. The van der Waals surface area contributed by atoms with Gasteiger partial charge in [-0.1, -0.05) is 0 Å². The molecule has 0 aliphatic heterocycles. The number of hydrogen-bond donors (Lipinski definition) is 1. The molecule has 0 aliphatic rings. The van der Waals surface area contributed by atoms with Crippen molar-refractivity contribution in [2.45, 2.75) is 25.9 Å². The summed E-state index contributed by atoms with van der Waals surface area (Å²) in [6.45, 7) is 6.35. The zero-order chi connectivity index (χ0) is 11.8. The first-order chi connectivity index (χ1) is 7.74. The molecular formula is C12H21NO2S. The summed E-state index contributed by atoms with van der Waals surface area (Å²) in [5.41, 5.74) is 1.34. The standard InChI is InChI=1S/C12H21NO2S/c1-10(8-15-6-5-14-3)13-11(2)12-4-7-16-9-12/h4,7,9-11,13H,5-6,8H2,1-3H3. The van der Waals surface area contributed by atoms with Crippen LogP contribution >= 0.6 is 11.3 Å². The first-order valence-corrected chi connectivity index (χ1v) is 6.53. The molecule has 0 aromatic carbocycles. The van der Waals surface area contributed by atoms with Gasteiger partial charge in [0.1, 0.15) is 0 Å². The van der Waals surface area contributed by atoms with Crippen LogP contribution in [0.15, 0.2) is 16.8 Å². The van der Waals surface area contributed by atoms with E-state index >= 15 is 0 Å². The molecule has 0 spiro atoms. The molecule has 1 aromatic heterocycles. The summed E-state index contributed by atoms with van der Waals surface area (Å²) >= 11 is 1.73. The molecule has 0 amide bonds. The highest BCUT2D eigenvalue weighted by atomic mass is 32.1. The molecule has 0 bridgehead atoms. The third kappa shape index (κ3) is 5.07. The molecule has 92 valence electrons. The first-order valence-electron chi connectivity index (χ1n) is 5.59. The third-order valence-corrected chi connectivity index (χ3v) is 3.08. The highest BCUT2D eigenvalue weighted by Gasteiger charge is 2.09. The normalized spacial score (nSPS) is 14.9. The van der Waals surface area contributed by atoms with Crippen LogP contribution in [0.25, 0.3) is 0 Å². The van der Waals surface area contributed by atoms with E-state index < -0.39 is 0 Å². The fraction of sp³-hybridized carbons (Fsp3) is 0.667. The van der Waals surface area contributed by atoms with Gasteiger partial charge in [0.2, 0.25) is 0 Å². The van der Waals surface area contributed by atoms with Crippen molar-refractivity contribution in [2.75, 3.05) is 26.9 Å². The maximum atomic E-state index is 5.47. The molecule has 0 aliphatic carbocycles. The topological polar surface area (TPSA) is 30.5 Å². The van der Waals surface area contributed by atoms with Gasteiger partial charge in [-0.2, -0.15) is 11.3 Å². The molecule has 16 heavy (non-hydrogen) atoms. The first kappa shape index (κ1) is 13.6. The Labute approximate surface area is 102 Å². The molecule has 0 saturated heterocycles. The van der Waals surface area contributed by atoms with Gasteiger partial charge in [-0.3, -0.25) is 0 Å². The largest absolute Gasteiger partial charge is 0.382 e. The minimum absolute atomic E-state index is 0.353. The quantitative estimate of drug-likeness (QED) is 0.711. The van der Waals surface area contributed by atoms with Gasteiger partial charge in [0.25, 0.3) is 0 Å². The number of hydrogen-bond acceptors (Lipinski definition) is 4. The van der Waals surface area contributed by atoms with Gasteiger partial charge in [-0.15, -0.1) is 0 Å². The summed E-state index contributed by atoms with van der Waals surface area (Å²) in [5, 5.41) is 7.78. The molecule has 1 heterocycles. The second kappa shape index (κ2) is 7.79. The van der Waals surface area contributed by atoms with Crippen molar-refractivity contribution in [3.63, 3.8) is 0 Å². The van der Waals surface area contributed by atoms with Crippen LogP contribution in [0.4, 0.5) is 0 Å². The Hall–Kier alpha value is -0.420. The Morgan fingerprint density at radius 1 is 1.38 bits per heavy atom. The van der Waals surface area contributed by atoms with E-state index in [9.17, 15) is 0 Å². The lowest BCUT2D eigenvalue weighted by Crippen LogP contribution is -2.33. The lowest BCUT2D eigenvalue weighted by molar-refractivity contribution is 0.0597. The van der Waals surface area contributed by atoms with E-state index in [1.54, 1.807) is 18.4 Å². The van der Waals surface area contributed by atoms with E-state index in [2.05, 4.69) is 36.0 Å². The summed E-state index contributed by atoms with van der Waals surface area (Å²) < 4.78 is 10.4. The van der Waals surface area contributed by atoms with Crippen LogP contribution in [0.1, 0.15) is 25.5 Å². The van der Waals surface area contributed by atoms with Crippen LogP contribution in [0, 0.1) is 0 Å². The molecule has 1 rings (SSSR count). The highest BCUT2D eigenvalue weighted by Crippen LogP contribution is 2.15. The Morgan fingerprint density at radius 2 is 2.19 bits per heavy atom. The summed E-state index contributed by atoms with van der Waals surface area (Å²) in [4.78, 5) is 0. The summed E-state index contributed by atoms with van der Waals surface area (Å²) in [5.74, 6) is 0. The molecule has 2 unspecified atom stereocenters. The number of thiophene rings is 1. The Kier molecular flexibility index (Phi) is 6.64. The molecular weight excluding hydrogens is 222 g/mol. The second-order valence-electron chi connectivity index (χ2n) is 3.91. The SMILES string of the molecule is COCCOCC(C)NC(C)c1ccsc1. The predicted molar refractivity (Wildman–Crippen MR) is 68.0 cm³/mol. The van der Waals surface area contributed by atoms with E-state index in [0.29, 0.717) is 25.3 Å². The van der Waals surface area contributed by atoms with E-state index in [4.69, 9.17) is 9.47 Å². The zero-order valence-electron chi connectivity index (χ0n) is 10.2. The van der Waals surface area contributed by atoms with Crippen LogP contribution in [0.3, 0.4) is 0 Å². The molecule has 3 nitrogen and oxygen atoms in total. The van der Waals surface area contributed by atoms with Gasteiger partial charge in [0.05, 0.1) is 19.8 Å². The second-order valence-corrected chi connectivity index (χ2v) is 4.69. The van der Waals surface area contributed by atoms with Gasteiger partial charge in [0, 0.05) is 19.2 Å². The average molecular weight is 243 g/mol. The number of rotatable bonds is 8. The van der Waals surface area contributed by atoms with Gasteiger partial charge >= 0.3 is 0 Å². The fourth-order valence-corrected chi connectivity index (χ4v) is 2.25. The van der Waals surface area contributed by atoms with Gasteiger partial charge in [0.15, 0.2) is 0 Å². The Bertz CT molecular complexity index is 264. The zero-order valence-corrected chi connectivity index (χ0v) is 11.0. The summed E-state index contributed by atoms with van der Waals surface area (Å²) in [7, 11) is 1.68. The molecule has 2 atom stereocenters. The van der Waals surface area contributed by atoms with Crippen molar-refractivity contribution >= 4 is 11.3 Å². The van der Waals surface area contributed by atoms with E-state index in [-0.39, 0.29) is 0 Å².